The molecule has 0 radical (unpaired) electrons. The summed E-state index contributed by atoms with van der Waals surface area (Å²) in [6.07, 6.45) is 10.3. The Labute approximate surface area is 208 Å². The van der Waals surface area contributed by atoms with Crippen molar-refractivity contribution < 1.29 is 14.6 Å². The van der Waals surface area contributed by atoms with E-state index >= 15 is 0 Å². The molecule has 3 nitrogen and oxygen atoms in total. The van der Waals surface area contributed by atoms with E-state index < -0.39 is 0 Å². The molecule has 1 aromatic carbocycles. The van der Waals surface area contributed by atoms with E-state index in [4.69, 9.17) is 4.74 Å². The van der Waals surface area contributed by atoms with Gasteiger partial charge in [-0.3, -0.25) is 4.79 Å². The summed E-state index contributed by atoms with van der Waals surface area (Å²) < 4.78 is 5.72. The summed E-state index contributed by atoms with van der Waals surface area (Å²) in [6.45, 7) is 18.0. The predicted molar refractivity (Wildman–Crippen MR) is 139 cm³/mol. The Morgan fingerprint density at radius 3 is 2.41 bits per heavy atom. The van der Waals surface area contributed by atoms with E-state index in [1.165, 1.54) is 67.7 Å². The maximum atomic E-state index is 11.7. The quantitative estimate of drug-likeness (QED) is 0.437. The Hall–Kier alpha value is -1.51. The van der Waals surface area contributed by atoms with E-state index in [-0.39, 0.29) is 28.3 Å². The summed E-state index contributed by atoms with van der Waals surface area (Å²) >= 11 is 0. The molecular weight excluding hydrogens is 420 g/mol. The minimum Gasteiger partial charge on any atom is -0.508 e. The van der Waals surface area contributed by atoms with Crippen molar-refractivity contribution in [3.05, 3.63) is 28.3 Å². The first-order valence-electron chi connectivity index (χ1n) is 13.9. The van der Waals surface area contributed by atoms with Gasteiger partial charge < -0.3 is 9.84 Å². The maximum absolute atomic E-state index is 11.7. The highest BCUT2D eigenvalue weighted by Gasteiger charge is 2.59. The fourth-order valence-corrected chi connectivity index (χ4v) is 8.41. The Morgan fingerprint density at radius 1 is 1.06 bits per heavy atom. The van der Waals surface area contributed by atoms with Crippen LogP contribution in [-0.4, -0.2) is 17.2 Å². The molecule has 0 aliphatic heterocycles. The van der Waals surface area contributed by atoms with Gasteiger partial charge in [-0.15, -0.1) is 0 Å². The third-order valence-electron chi connectivity index (χ3n) is 10.6. The first kappa shape index (κ1) is 25.6. The first-order valence-corrected chi connectivity index (χ1v) is 13.9. The van der Waals surface area contributed by atoms with Crippen LogP contribution in [0.1, 0.15) is 123 Å². The molecule has 0 spiro atoms. The lowest BCUT2D eigenvalue weighted by atomic mass is 9.52. The molecule has 0 bridgehead atoms. The van der Waals surface area contributed by atoms with Gasteiger partial charge in [-0.2, -0.15) is 0 Å². The highest BCUT2D eigenvalue weighted by atomic mass is 16.5. The minimum atomic E-state index is -0.295. The number of hydrogen-bond donors (Lipinski definition) is 1. The monoisotopic (exact) mass is 468 g/mol. The third-order valence-corrected chi connectivity index (χ3v) is 10.6. The number of fused-ring (bicyclic) bond motifs is 5. The first-order chi connectivity index (χ1) is 15.8. The van der Waals surface area contributed by atoms with Gasteiger partial charge in [0.25, 0.3) is 0 Å². The molecule has 1 saturated carbocycles. The fraction of sp³-hybridized carbons (Fsp3) is 0.774. The highest BCUT2D eigenvalue weighted by molar-refractivity contribution is 5.67. The van der Waals surface area contributed by atoms with E-state index in [2.05, 4.69) is 48.5 Å². The van der Waals surface area contributed by atoms with Crippen molar-refractivity contribution in [2.24, 2.45) is 23.2 Å². The van der Waals surface area contributed by atoms with Gasteiger partial charge in [0.1, 0.15) is 11.9 Å². The number of carbonyl (C=O) groups is 1. The van der Waals surface area contributed by atoms with Crippen molar-refractivity contribution in [3.8, 4) is 5.75 Å². The summed E-state index contributed by atoms with van der Waals surface area (Å²) in [5.41, 5.74) is 5.23. The standard InChI is InChI=1S/C31H48O3/c1-19(2)10-9-11-20(3)24-15-17-31(8)28-23(14-16-30(24,31)7)22-12-13-27(34-21(4)32)29(5,6)25(22)18-26(28)33/h18-20,24,27,33H,9-17H2,1-8H3. The van der Waals surface area contributed by atoms with Crippen LogP contribution < -0.4 is 0 Å². The van der Waals surface area contributed by atoms with Crippen molar-refractivity contribution in [3.63, 3.8) is 0 Å². The predicted octanol–water partition coefficient (Wildman–Crippen LogP) is 7.63. The normalized spacial score (nSPS) is 32.6. The third kappa shape index (κ3) is 3.90. The number of esters is 1. The van der Waals surface area contributed by atoms with Crippen LogP contribution in [0.4, 0.5) is 0 Å². The second-order valence-electron chi connectivity index (χ2n) is 13.3. The summed E-state index contributed by atoms with van der Waals surface area (Å²) in [5.74, 6) is 2.50. The Bertz CT molecular complexity index is 944. The Morgan fingerprint density at radius 2 is 1.76 bits per heavy atom. The van der Waals surface area contributed by atoms with Crippen LogP contribution >= 0.6 is 0 Å². The van der Waals surface area contributed by atoms with Crippen molar-refractivity contribution in [2.45, 2.75) is 130 Å². The lowest BCUT2D eigenvalue weighted by Crippen LogP contribution is -2.47. The summed E-state index contributed by atoms with van der Waals surface area (Å²) in [5, 5.41) is 11.6. The zero-order chi connectivity index (χ0) is 25.1. The summed E-state index contributed by atoms with van der Waals surface area (Å²) in [4.78, 5) is 11.7. The molecule has 0 heterocycles. The van der Waals surface area contributed by atoms with Crippen LogP contribution in [0.3, 0.4) is 0 Å². The van der Waals surface area contributed by atoms with E-state index in [0.29, 0.717) is 5.75 Å². The maximum Gasteiger partial charge on any atom is 0.302 e. The zero-order valence-corrected chi connectivity index (χ0v) is 23.0. The molecule has 5 atom stereocenters. The lowest BCUT2D eigenvalue weighted by Gasteiger charge is -2.52. The van der Waals surface area contributed by atoms with Gasteiger partial charge in [-0.1, -0.05) is 67.7 Å². The number of phenolic OH excluding ortho intramolecular Hbond substituents is 1. The van der Waals surface area contributed by atoms with E-state index in [0.717, 1.165) is 37.0 Å². The molecule has 0 saturated heterocycles. The molecule has 0 aromatic heterocycles. The average Bonchev–Trinajstić information content (AvgIpc) is 3.01. The molecular formula is C31H48O3. The van der Waals surface area contributed by atoms with Gasteiger partial charge in [0.2, 0.25) is 0 Å². The fourth-order valence-electron chi connectivity index (χ4n) is 8.41. The van der Waals surface area contributed by atoms with Gasteiger partial charge in [0.05, 0.1) is 0 Å². The SMILES string of the molecule is CC(=O)OC1CCc2c(cc(O)c3c2CCC2(C)C(C(C)CCCC(C)C)CCC32C)C1(C)C. The smallest absolute Gasteiger partial charge is 0.302 e. The number of rotatable bonds is 6. The molecule has 1 fully saturated rings. The molecule has 4 rings (SSSR count). The van der Waals surface area contributed by atoms with Crippen LogP contribution in [-0.2, 0) is 33.2 Å². The van der Waals surface area contributed by atoms with Gasteiger partial charge in [-0.05, 0) is 84.5 Å². The van der Waals surface area contributed by atoms with Crippen molar-refractivity contribution >= 4 is 5.97 Å². The molecule has 5 unspecified atom stereocenters. The number of carbonyl (C=O) groups excluding carboxylic acids is 1. The number of hydrogen-bond acceptors (Lipinski definition) is 3. The van der Waals surface area contributed by atoms with Crippen LogP contribution in [0, 0.1) is 23.2 Å². The second kappa shape index (κ2) is 8.86. The molecule has 1 aromatic rings. The molecule has 190 valence electrons. The Kier molecular flexibility index (Phi) is 6.66. The molecule has 1 N–H and O–H groups in total. The largest absolute Gasteiger partial charge is 0.508 e. The molecule has 3 aliphatic carbocycles. The molecule has 0 amide bonds. The molecule has 3 aliphatic rings. The van der Waals surface area contributed by atoms with Gasteiger partial charge in [-0.25, -0.2) is 0 Å². The van der Waals surface area contributed by atoms with Crippen LogP contribution in [0.2, 0.25) is 0 Å². The van der Waals surface area contributed by atoms with Crippen LogP contribution in [0.15, 0.2) is 6.07 Å². The number of aromatic hydroxyl groups is 1. The minimum absolute atomic E-state index is 0.0214. The van der Waals surface area contributed by atoms with Gasteiger partial charge in [0.15, 0.2) is 0 Å². The van der Waals surface area contributed by atoms with E-state index in [1.807, 2.05) is 6.07 Å². The summed E-state index contributed by atoms with van der Waals surface area (Å²) in [6, 6.07) is 2.04. The van der Waals surface area contributed by atoms with E-state index in [9.17, 15) is 9.90 Å². The number of benzene rings is 1. The van der Waals surface area contributed by atoms with Crippen molar-refractivity contribution in [1.82, 2.24) is 0 Å². The zero-order valence-electron chi connectivity index (χ0n) is 23.0. The highest BCUT2D eigenvalue weighted by Crippen LogP contribution is 2.66. The Balaban J connectivity index is 1.69. The van der Waals surface area contributed by atoms with Gasteiger partial charge >= 0.3 is 5.97 Å². The lowest BCUT2D eigenvalue weighted by molar-refractivity contribution is -0.150. The van der Waals surface area contributed by atoms with Crippen LogP contribution in [0.5, 0.6) is 5.75 Å². The van der Waals surface area contributed by atoms with Crippen molar-refractivity contribution in [1.29, 1.82) is 0 Å². The molecule has 3 heteroatoms. The topological polar surface area (TPSA) is 46.5 Å². The summed E-state index contributed by atoms with van der Waals surface area (Å²) in [7, 11) is 0. The molecule has 34 heavy (non-hydrogen) atoms. The van der Waals surface area contributed by atoms with E-state index in [1.54, 1.807) is 0 Å². The van der Waals surface area contributed by atoms with Crippen LogP contribution in [0.25, 0.3) is 0 Å². The average molecular weight is 469 g/mol. The van der Waals surface area contributed by atoms with Gasteiger partial charge in [0, 0.05) is 23.3 Å². The number of ether oxygens (including phenoxy) is 1. The van der Waals surface area contributed by atoms with Crippen molar-refractivity contribution in [2.75, 3.05) is 0 Å². The second-order valence-corrected chi connectivity index (χ2v) is 13.3. The number of phenols is 1.